The highest BCUT2D eigenvalue weighted by molar-refractivity contribution is 7.91. The first kappa shape index (κ1) is 20.8. The van der Waals surface area contributed by atoms with Crippen LogP contribution < -0.4 is 5.32 Å². The second-order valence-corrected chi connectivity index (χ2v) is 10.8. The molecule has 2 aliphatic heterocycles. The molecule has 0 bridgehead atoms. The number of hydrogen-bond donors (Lipinski definition) is 1. The summed E-state index contributed by atoms with van der Waals surface area (Å²) in [7, 11) is -3.03. The lowest BCUT2D eigenvalue weighted by Gasteiger charge is -2.38. The smallest absolute Gasteiger partial charge is 0.258 e. The van der Waals surface area contributed by atoms with Gasteiger partial charge in [0.05, 0.1) is 28.8 Å². The van der Waals surface area contributed by atoms with E-state index in [4.69, 9.17) is 5.10 Å². The highest BCUT2D eigenvalue weighted by Gasteiger charge is 2.38. The van der Waals surface area contributed by atoms with Crippen LogP contribution in [0.2, 0.25) is 0 Å². The van der Waals surface area contributed by atoms with Crippen molar-refractivity contribution in [2.75, 3.05) is 16.8 Å². The maximum absolute atomic E-state index is 13.6. The van der Waals surface area contributed by atoms with Gasteiger partial charge >= 0.3 is 0 Å². The lowest BCUT2D eigenvalue weighted by Crippen LogP contribution is -2.42. The van der Waals surface area contributed by atoms with Crippen molar-refractivity contribution in [2.45, 2.75) is 39.0 Å². The Morgan fingerprint density at radius 3 is 2.50 bits per heavy atom. The van der Waals surface area contributed by atoms with Gasteiger partial charge < -0.3 is 10.2 Å². The number of sulfone groups is 1. The van der Waals surface area contributed by atoms with E-state index in [-0.39, 0.29) is 23.5 Å². The fourth-order valence-corrected chi connectivity index (χ4v) is 6.55. The number of hydrogen-bond acceptors (Lipinski definition) is 5. The van der Waals surface area contributed by atoms with E-state index in [0.29, 0.717) is 18.5 Å². The highest BCUT2D eigenvalue weighted by Crippen LogP contribution is 2.38. The number of fused-ring (bicyclic) bond motifs is 1. The van der Waals surface area contributed by atoms with Gasteiger partial charge in [-0.2, -0.15) is 5.10 Å². The number of rotatable bonds is 4. The van der Waals surface area contributed by atoms with E-state index in [9.17, 15) is 13.2 Å². The standard InChI is InChI=1S/C24H26N4O3S/c1-16-22(17(2)28(26-16)19-12-13-32(30,31)15-19)23-25-21-11-7-6-10-20(21)24(29)27(23)14-18-8-4-3-5-9-18/h3-11,19,23,25H,12-15H2,1-2H3/t19-,23+/m1/s1. The largest absolute Gasteiger partial charge is 0.361 e. The van der Waals surface area contributed by atoms with Crippen molar-refractivity contribution >= 4 is 21.4 Å². The zero-order valence-electron chi connectivity index (χ0n) is 18.2. The van der Waals surface area contributed by atoms with Crippen LogP contribution in [0.25, 0.3) is 0 Å². The van der Waals surface area contributed by atoms with E-state index in [2.05, 4.69) is 5.32 Å². The number of aryl methyl sites for hydroxylation is 1. The van der Waals surface area contributed by atoms with Crippen LogP contribution in [0.5, 0.6) is 0 Å². The molecule has 0 saturated carbocycles. The third-order valence-corrected chi connectivity index (χ3v) is 8.18. The Morgan fingerprint density at radius 2 is 1.78 bits per heavy atom. The van der Waals surface area contributed by atoms with Gasteiger partial charge in [-0.25, -0.2) is 8.42 Å². The third-order valence-electron chi connectivity index (χ3n) is 6.43. The minimum absolute atomic E-state index is 0.0387. The molecule has 2 aliphatic rings. The molecule has 1 saturated heterocycles. The average molecular weight is 451 g/mol. The predicted molar refractivity (Wildman–Crippen MR) is 123 cm³/mol. The maximum atomic E-state index is 13.6. The van der Waals surface area contributed by atoms with E-state index in [1.165, 1.54) is 0 Å². The fourth-order valence-electron chi connectivity index (χ4n) is 4.86. The SMILES string of the molecule is Cc1nn([C@@H]2CCS(=O)(=O)C2)c(C)c1[C@H]1Nc2ccccc2C(=O)N1Cc1ccccc1. The van der Waals surface area contributed by atoms with E-state index in [1.54, 1.807) is 0 Å². The minimum atomic E-state index is -3.03. The second-order valence-electron chi connectivity index (χ2n) is 8.60. The summed E-state index contributed by atoms with van der Waals surface area (Å²) in [6, 6.07) is 17.3. The Labute approximate surface area is 188 Å². The Balaban J connectivity index is 1.58. The molecule has 3 heterocycles. The molecular formula is C24H26N4O3S. The van der Waals surface area contributed by atoms with Crippen LogP contribution in [0.1, 0.15) is 51.5 Å². The van der Waals surface area contributed by atoms with Crippen molar-refractivity contribution in [1.82, 2.24) is 14.7 Å². The van der Waals surface area contributed by atoms with Crippen LogP contribution in [-0.4, -0.2) is 40.5 Å². The number of para-hydroxylation sites is 1. The monoisotopic (exact) mass is 450 g/mol. The molecule has 1 N–H and O–H groups in total. The number of amides is 1. The van der Waals surface area contributed by atoms with Crippen LogP contribution in [-0.2, 0) is 16.4 Å². The highest BCUT2D eigenvalue weighted by atomic mass is 32.2. The quantitative estimate of drug-likeness (QED) is 0.656. The fraction of sp³-hybridized carbons (Fsp3) is 0.333. The van der Waals surface area contributed by atoms with Gasteiger partial charge in [-0.3, -0.25) is 9.48 Å². The van der Waals surface area contributed by atoms with E-state index in [1.807, 2.05) is 78.0 Å². The van der Waals surface area contributed by atoms with Crippen molar-refractivity contribution in [2.24, 2.45) is 0 Å². The van der Waals surface area contributed by atoms with Crippen molar-refractivity contribution in [3.05, 3.63) is 82.7 Å². The summed E-state index contributed by atoms with van der Waals surface area (Å²) < 4.78 is 25.9. The molecule has 2 aromatic carbocycles. The molecule has 8 heteroatoms. The summed E-state index contributed by atoms with van der Waals surface area (Å²) in [5, 5.41) is 8.28. The van der Waals surface area contributed by atoms with Crippen molar-refractivity contribution < 1.29 is 13.2 Å². The normalized spacial score (nSPS) is 21.9. The number of nitrogens with one attached hydrogen (secondary N) is 1. The van der Waals surface area contributed by atoms with E-state index >= 15 is 0 Å². The summed E-state index contributed by atoms with van der Waals surface area (Å²) in [5.41, 5.74) is 5.10. The molecule has 1 fully saturated rings. The molecule has 0 unspecified atom stereocenters. The molecule has 1 amide bonds. The average Bonchev–Trinajstić information content (AvgIpc) is 3.28. The molecule has 0 radical (unpaired) electrons. The van der Waals surface area contributed by atoms with Crippen molar-refractivity contribution in [3.8, 4) is 0 Å². The summed E-state index contributed by atoms with van der Waals surface area (Å²) in [5.74, 6) is 0.268. The molecule has 0 aliphatic carbocycles. The maximum Gasteiger partial charge on any atom is 0.258 e. The van der Waals surface area contributed by atoms with Crippen molar-refractivity contribution in [3.63, 3.8) is 0 Å². The predicted octanol–water partition coefficient (Wildman–Crippen LogP) is 3.63. The van der Waals surface area contributed by atoms with Crippen LogP contribution >= 0.6 is 0 Å². The van der Waals surface area contributed by atoms with Gasteiger partial charge in [0.2, 0.25) is 0 Å². The molecule has 3 aromatic rings. The summed E-state index contributed by atoms with van der Waals surface area (Å²) in [6.45, 7) is 4.34. The lowest BCUT2D eigenvalue weighted by atomic mass is 10.0. The number of benzene rings is 2. The molecule has 32 heavy (non-hydrogen) atoms. The molecule has 166 valence electrons. The summed E-state index contributed by atoms with van der Waals surface area (Å²) in [6.07, 6.45) is 0.168. The van der Waals surface area contributed by atoms with Gasteiger partial charge in [-0.1, -0.05) is 42.5 Å². The second kappa shape index (κ2) is 7.78. The number of aromatic nitrogens is 2. The minimum Gasteiger partial charge on any atom is -0.361 e. The van der Waals surface area contributed by atoms with Gasteiger partial charge in [-0.05, 0) is 38.0 Å². The zero-order chi connectivity index (χ0) is 22.5. The Hall–Kier alpha value is -3.13. The van der Waals surface area contributed by atoms with E-state index in [0.717, 1.165) is 28.2 Å². The first-order valence-corrected chi connectivity index (χ1v) is 12.6. The van der Waals surface area contributed by atoms with E-state index < -0.39 is 16.0 Å². The Kier molecular flexibility index (Phi) is 5.04. The number of anilines is 1. The van der Waals surface area contributed by atoms with Gasteiger partial charge in [0.25, 0.3) is 5.91 Å². The zero-order valence-corrected chi connectivity index (χ0v) is 19.0. The third kappa shape index (κ3) is 3.58. The number of nitrogens with zero attached hydrogens (tertiary/aromatic N) is 3. The van der Waals surface area contributed by atoms with Gasteiger partial charge in [-0.15, -0.1) is 0 Å². The van der Waals surface area contributed by atoms with Crippen LogP contribution in [0.4, 0.5) is 5.69 Å². The van der Waals surface area contributed by atoms with Gasteiger partial charge in [0, 0.05) is 23.5 Å². The topological polar surface area (TPSA) is 84.3 Å². The van der Waals surface area contributed by atoms with Crippen LogP contribution in [0.15, 0.2) is 54.6 Å². The molecule has 5 rings (SSSR count). The summed E-state index contributed by atoms with van der Waals surface area (Å²) in [4.78, 5) is 15.4. The van der Waals surface area contributed by atoms with Crippen LogP contribution in [0.3, 0.4) is 0 Å². The first-order valence-electron chi connectivity index (χ1n) is 10.8. The molecular weight excluding hydrogens is 424 g/mol. The van der Waals surface area contributed by atoms with Crippen molar-refractivity contribution in [1.29, 1.82) is 0 Å². The Morgan fingerprint density at radius 1 is 1.06 bits per heavy atom. The first-order chi connectivity index (χ1) is 15.3. The van der Waals surface area contributed by atoms with Crippen LogP contribution in [0, 0.1) is 13.8 Å². The van der Waals surface area contributed by atoms with Gasteiger partial charge in [0.15, 0.2) is 9.84 Å². The molecule has 2 atom stereocenters. The summed E-state index contributed by atoms with van der Waals surface area (Å²) >= 11 is 0. The molecule has 7 nitrogen and oxygen atoms in total. The lowest BCUT2D eigenvalue weighted by molar-refractivity contribution is 0.0665. The molecule has 0 spiro atoms. The Bertz CT molecular complexity index is 1280. The number of carbonyl (C=O) groups is 1. The number of carbonyl (C=O) groups excluding carboxylic acids is 1. The molecule has 1 aromatic heterocycles. The van der Waals surface area contributed by atoms with Gasteiger partial charge in [0.1, 0.15) is 6.17 Å².